The first-order valence-corrected chi connectivity index (χ1v) is 5.26. The van der Waals surface area contributed by atoms with Crippen LogP contribution < -0.4 is 5.32 Å². The average Bonchev–Trinajstić information content (AvgIpc) is 2.70. The van der Waals surface area contributed by atoms with Gasteiger partial charge in [0, 0.05) is 13.2 Å². The van der Waals surface area contributed by atoms with Crippen LogP contribution in [-0.2, 0) is 11.3 Å². The topological polar surface area (TPSA) is 92.9 Å². The molecule has 0 unspecified atom stereocenters. The molecule has 0 bridgehead atoms. The van der Waals surface area contributed by atoms with E-state index in [-0.39, 0.29) is 6.61 Å². The lowest BCUT2D eigenvalue weighted by atomic mass is 10.4. The maximum Gasteiger partial charge on any atom is 0.212 e. The van der Waals surface area contributed by atoms with Gasteiger partial charge >= 0.3 is 0 Å². The molecule has 7 nitrogen and oxygen atoms in total. The molecule has 90 valence electrons. The Morgan fingerprint density at radius 3 is 3.06 bits per heavy atom. The zero-order chi connectivity index (χ0) is 12.3. The predicted molar refractivity (Wildman–Crippen MR) is 61.4 cm³/mol. The fourth-order valence-corrected chi connectivity index (χ4v) is 1.61. The van der Waals surface area contributed by atoms with Gasteiger partial charge in [-0.1, -0.05) is 0 Å². The van der Waals surface area contributed by atoms with Crippen molar-refractivity contribution in [3.05, 3.63) is 12.2 Å². The minimum absolute atomic E-state index is 0.114. The van der Waals surface area contributed by atoms with Gasteiger partial charge < -0.3 is 15.0 Å². The zero-order valence-electron chi connectivity index (χ0n) is 9.42. The summed E-state index contributed by atoms with van der Waals surface area (Å²) < 4.78 is 1.83. The number of carbonyl (C=O) groups excluding carboxylic acids is 1. The average molecular weight is 235 g/mol. The van der Waals surface area contributed by atoms with Crippen molar-refractivity contribution in [3.8, 4) is 0 Å². The van der Waals surface area contributed by atoms with E-state index in [1.165, 1.54) is 0 Å². The van der Waals surface area contributed by atoms with Gasteiger partial charge in [0.2, 0.25) is 6.41 Å². The van der Waals surface area contributed by atoms with Crippen molar-refractivity contribution in [2.45, 2.75) is 19.9 Å². The van der Waals surface area contributed by atoms with E-state index in [9.17, 15) is 4.79 Å². The first kappa shape index (κ1) is 11.5. The monoisotopic (exact) mass is 235 g/mol. The van der Waals surface area contributed by atoms with Crippen molar-refractivity contribution in [1.29, 1.82) is 0 Å². The zero-order valence-corrected chi connectivity index (χ0v) is 9.42. The third kappa shape index (κ3) is 2.23. The number of aliphatic hydroxyl groups is 1. The van der Waals surface area contributed by atoms with E-state index in [1.54, 1.807) is 13.3 Å². The quantitative estimate of drug-likeness (QED) is 0.716. The van der Waals surface area contributed by atoms with Crippen molar-refractivity contribution < 1.29 is 9.90 Å². The Balaban J connectivity index is 2.48. The van der Waals surface area contributed by atoms with Gasteiger partial charge in [0.05, 0.1) is 6.33 Å². The van der Waals surface area contributed by atoms with Crippen molar-refractivity contribution in [2.75, 3.05) is 11.9 Å². The summed E-state index contributed by atoms with van der Waals surface area (Å²) in [6.07, 6.45) is 2.82. The molecule has 1 amide bonds. The minimum atomic E-state index is 0.114. The fourth-order valence-electron chi connectivity index (χ4n) is 1.61. The molecule has 7 heteroatoms. The van der Waals surface area contributed by atoms with Crippen LogP contribution in [0.3, 0.4) is 0 Å². The highest BCUT2D eigenvalue weighted by Gasteiger charge is 2.10. The number of nitrogens with one attached hydrogen (secondary N) is 1. The SMILES string of the molecule is Cc1nc(NC=O)c2ncn(CCCO)c2n1. The molecule has 0 aliphatic rings. The second kappa shape index (κ2) is 4.88. The van der Waals surface area contributed by atoms with Crippen LogP contribution in [0.4, 0.5) is 5.82 Å². The Hall–Kier alpha value is -2.02. The highest BCUT2D eigenvalue weighted by molar-refractivity contribution is 5.88. The van der Waals surface area contributed by atoms with Gasteiger partial charge in [-0.3, -0.25) is 4.79 Å². The van der Waals surface area contributed by atoms with E-state index < -0.39 is 0 Å². The molecule has 0 aliphatic heterocycles. The van der Waals surface area contributed by atoms with Crippen molar-refractivity contribution in [3.63, 3.8) is 0 Å². The van der Waals surface area contributed by atoms with E-state index in [0.717, 1.165) is 0 Å². The molecular formula is C10H13N5O2. The summed E-state index contributed by atoms with van der Waals surface area (Å²) >= 11 is 0. The van der Waals surface area contributed by atoms with E-state index in [0.29, 0.717) is 42.2 Å². The molecule has 2 rings (SSSR count). The number of rotatable bonds is 5. The smallest absolute Gasteiger partial charge is 0.212 e. The molecule has 0 radical (unpaired) electrons. The summed E-state index contributed by atoms with van der Waals surface area (Å²) in [5, 5.41) is 11.3. The van der Waals surface area contributed by atoms with Gasteiger partial charge in [0.1, 0.15) is 5.82 Å². The Kier molecular flexibility index (Phi) is 3.29. The normalized spacial score (nSPS) is 10.7. The largest absolute Gasteiger partial charge is 0.396 e. The molecule has 0 aromatic carbocycles. The molecule has 0 atom stereocenters. The third-order valence-electron chi connectivity index (χ3n) is 2.33. The van der Waals surface area contributed by atoms with Gasteiger partial charge in [-0.2, -0.15) is 0 Å². The Morgan fingerprint density at radius 2 is 2.35 bits per heavy atom. The summed E-state index contributed by atoms with van der Waals surface area (Å²) in [6.45, 7) is 2.49. The van der Waals surface area contributed by atoms with E-state index in [2.05, 4.69) is 20.3 Å². The minimum Gasteiger partial charge on any atom is -0.396 e. The van der Waals surface area contributed by atoms with Crippen LogP contribution in [0.2, 0.25) is 0 Å². The maximum atomic E-state index is 10.5. The molecular weight excluding hydrogens is 222 g/mol. The first-order chi connectivity index (χ1) is 8.26. The summed E-state index contributed by atoms with van der Waals surface area (Å²) in [7, 11) is 0. The molecule has 2 heterocycles. The van der Waals surface area contributed by atoms with E-state index in [4.69, 9.17) is 5.11 Å². The molecule has 2 N–H and O–H groups in total. The standard InChI is InChI=1S/C10H13N5O2/c1-7-13-9(12-6-17)8-10(14-7)15(5-11-8)3-2-4-16/h5-6,16H,2-4H2,1H3,(H,12,13,14,17). The molecule has 2 aromatic heterocycles. The lowest BCUT2D eigenvalue weighted by Crippen LogP contribution is -2.04. The molecule has 0 saturated heterocycles. The molecule has 2 aromatic rings. The lowest BCUT2D eigenvalue weighted by molar-refractivity contribution is -0.105. The summed E-state index contributed by atoms with van der Waals surface area (Å²) in [4.78, 5) is 23.0. The van der Waals surface area contributed by atoms with Gasteiger partial charge in [0.25, 0.3) is 0 Å². The number of aryl methyl sites for hydroxylation is 2. The highest BCUT2D eigenvalue weighted by Crippen LogP contribution is 2.18. The van der Waals surface area contributed by atoms with Crippen molar-refractivity contribution >= 4 is 23.4 Å². The van der Waals surface area contributed by atoms with Crippen LogP contribution in [0.25, 0.3) is 11.2 Å². The fraction of sp³-hybridized carbons (Fsp3) is 0.400. The van der Waals surface area contributed by atoms with Gasteiger partial charge in [-0.05, 0) is 13.3 Å². The number of anilines is 1. The number of hydrogen-bond acceptors (Lipinski definition) is 5. The number of hydrogen-bond donors (Lipinski definition) is 2. The van der Waals surface area contributed by atoms with Crippen LogP contribution in [0, 0.1) is 6.92 Å². The molecule has 0 aliphatic carbocycles. The van der Waals surface area contributed by atoms with Crippen LogP contribution in [0.15, 0.2) is 6.33 Å². The highest BCUT2D eigenvalue weighted by atomic mass is 16.3. The van der Waals surface area contributed by atoms with Crippen LogP contribution in [-0.4, -0.2) is 37.6 Å². The van der Waals surface area contributed by atoms with Gasteiger partial charge in [0.15, 0.2) is 17.0 Å². The molecule has 17 heavy (non-hydrogen) atoms. The number of carbonyl (C=O) groups is 1. The van der Waals surface area contributed by atoms with Gasteiger partial charge in [-0.25, -0.2) is 15.0 Å². The number of aliphatic hydroxyl groups excluding tert-OH is 1. The van der Waals surface area contributed by atoms with E-state index >= 15 is 0 Å². The third-order valence-corrected chi connectivity index (χ3v) is 2.33. The van der Waals surface area contributed by atoms with Crippen LogP contribution in [0.1, 0.15) is 12.2 Å². The maximum absolute atomic E-state index is 10.5. The van der Waals surface area contributed by atoms with Crippen molar-refractivity contribution in [1.82, 2.24) is 19.5 Å². The molecule has 0 saturated carbocycles. The van der Waals surface area contributed by atoms with Crippen molar-refractivity contribution in [2.24, 2.45) is 0 Å². The van der Waals surface area contributed by atoms with Crippen LogP contribution in [0.5, 0.6) is 0 Å². The number of imidazole rings is 1. The Bertz CT molecular complexity index is 537. The predicted octanol–water partition coefficient (Wildman–Crippen LogP) is 0.0854. The molecule has 0 fully saturated rings. The first-order valence-electron chi connectivity index (χ1n) is 5.26. The van der Waals surface area contributed by atoms with Crippen LogP contribution >= 0.6 is 0 Å². The number of nitrogens with zero attached hydrogens (tertiary/aromatic N) is 4. The Labute approximate surface area is 97.5 Å². The summed E-state index contributed by atoms with van der Waals surface area (Å²) in [5.41, 5.74) is 1.22. The van der Waals surface area contributed by atoms with Gasteiger partial charge in [-0.15, -0.1) is 0 Å². The lowest BCUT2D eigenvalue weighted by Gasteiger charge is -2.04. The summed E-state index contributed by atoms with van der Waals surface area (Å²) in [5.74, 6) is 0.970. The second-order valence-corrected chi connectivity index (χ2v) is 3.57. The number of aromatic nitrogens is 4. The molecule has 0 spiro atoms. The Morgan fingerprint density at radius 1 is 1.53 bits per heavy atom. The number of fused-ring (bicyclic) bond motifs is 1. The summed E-state index contributed by atoms with van der Waals surface area (Å²) in [6, 6.07) is 0. The number of amides is 1. The van der Waals surface area contributed by atoms with E-state index in [1.807, 2.05) is 4.57 Å². The second-order valence-electron chi connectivity index (χ2n) is 3.57.